The summed E-state index contributed by atoms with van der Waals surface area (Å²) < 4.78 is 66.6. The number of hydrogen-bond acceptors (Lipinski definition) is 4. The van der Waals surface area contributed by atoms with Crippen LogP contribution >= 0.6 is 0 Å². The Kier molecular flexibility index (Phi) is 8.86. The van der Waals surface area contributed by atoms with Gasteiger partial charge in [0.05, 0.1) is 11.9 Å². The van der Waals surface area contributed by atoms with E-state index in [1.165, 1.54) is 25.1 Å². The van der Waals surface area contributed by atoms with Crippen molar-refractivity contribution in [2.45, 2.75) is 32.9 Å². The van der Waals surface area contributed by atoms with Gasteiger partial charge in [0.1, 0.15) is 18.4 Å². The molecule has 0 aliphatic rings. The highest BCUT2D eigenvalue weighted by Crippen LogP contribution is 2.22. The van der Waals surface area contributed by atoms with Gasteiger partial charge in [-0.3, -0.25) is 13.9 Å². The van der Waals surface area contributed by atoms with Crippen molar-refractivity contribution in [3.05, 3.63) is 65.5 Å². The van der Waals surface area contributed by atoms with Gasteiger partial charge in [0, 0.05) is 24.7 Å². The first kappa shape index (κ1) is 26.2. The molecule has 0 heterocycles. The van der Waals surface area contributed by atoms with E-state index in [0.717, 1.165) is 23.3 Å². The molecule has 0 saturated carbocycles. The molecule has 0 aromatic heterocycles. The zero-order valence-corrected chi connectivity index (χ0v) is 19.3. The minimum atomic E-state index is -4.10. The SMILES string of the molecule is CCCNC(=O)[C@H](C)N(Cc1ccccc1F)C(=O)CN(c1ccc(F)c(F)c1)S(C)(=O)=O. The van der Waals surface area contributed by atoms with Gasteiger partial charge < -0.3 is 10.2 Å². The summed E-state index contributed by atoms with van der Waals surface area (Å²) in [6.07, 6.45) is 1.46. The number of hydrogen-bond donors (Lipinski definition) is 1. The van der Waals surface area contributed by atoms with E-state index in [9.17, 15) is 31.2 Å². The van der Waals surface area contributed by atoms with Crippen molar-refractivity contribution < 1.29 is 31.2 Å². The first-order valence-electron chi connectivity index (χ1n) is 10.2. The second-order valence-corrected chi connectivity index (χ2v) is 9.35. The van der Waals surface area contributed by atoms with Crippen molar-refractivity contribution in [2.24, 2.45) is 0 Å². The van der Waals surface area contributed by atoms with Crippen molar-refractivity contribution in [3.8, 4) is 0 Å². The third-order valence-electron chi connectivity index (χ3n) is 4.89. The number of nitrogens with zero attached hydrogens (tertiary/aromatic N) is 2. The Morgan fingerprint density at radius 3 is 2.27 bits per heavy atom. The lowest BCUT2D eigenvalue weighted by Gasteiger charge is -2.31. The van der Waals surface area contributed by atoms with E-state index < -0.39 is 51.9 Å². The number of rotatable bonds is 10. The van der Waals surface area contributed by atoms with Crippen LogP contribution in [0.15, 0.2) is 42.5 Å². The second-order valence-electron chi connectivity index (χ2n) is 7.45. The smallest absolute Gasteiger partial charge is 0.244 e. The van der Waals surface area contributed by atoms with E-state index in [0.29, 0.717) is 23.3 Å². The average molecular weight is 486 g/mol. The number of sulfonamides is 1. The van der Waals surface area contributed by atoms with Crippen LogP contribution in [0.3, 0.4) is 0 Å². The van der Waals surface area contributed by atoms with Crippen LogP contribution in [0.1, 0.15) is 25.8 Å². The maximum absolute atomic E-state index is 14.3. The summed E-state index contributed by atoms with van der Waals surface area (Å²) in [5.41, 5.74) is -0.140. The highest BCUT2D eigenvalue weighted by Gasteiger charge is 2.30. The van der Waals surface area contributed by atoms with Gasteiger partial charge in [-0.05, 0) is 31.5 Å². The van der Waals surface area contributed by atoms with E-state index in [1.54, 1.807) is 6.07 Å². The fraction of sp³-hybridized carbons (Fsp3) is 0.364. The Bertz CT molecular complexity index is 1110. The number of carbonyl (C=O) groups is 2. The van der Waals surface area contributed by atoms with Crippen LogP contribution in [0.4, 0.5) is 18.9 Å². The molecule has 0 unspecified atom stereocenters. The van der Waals surface area contributed by atoms with Gasteiger partial charge in [0.2, 0.25) is 21.8 Å². The summed E-state index contributed by atoms with van der Waals surface area (Å²) in [5, 5.41) is 2.65. The maximum atomic E-state index is 14.3. The molecule has 0 fully saturated rings. The normalized spacial score (nSPS) is 12.2. The Morgan fingerprint density at radius 2 is 1.70 bits per heavy atom. The summed E-state index contributed by atoms with van der Waals surface area (Å²) in [4.78, 5) is 26.8. The molecule has 0 radical (unpaired) electrons. The van der Waals surface area contributed by atoms with Crippen molar-refractivity contribution in [2.75, 3.05) is 23.7 Å². The minimum Gasteiger partial charge on any atom is -0.354 e. The van der Waals surface area contributed by atoms with Crippen LogP contribution in [-0.4, -0.2) is 50.5 Å². The highest BCUT2D eigenvalue weighted by atomic mass is 32.2. The van der Waals surface area contributed by atoms with Gasteiger partial charge in [-0.1, -0.05) is 25.1 Å². The van der Waals surface area contributed by atoms with Crippen LogP contribution in [0.25, 0.3) is 0 Å². The molecule has 2 rings (SSSR count). The first-order valence-corrected chi connectivity index (χ1v) is 12.0. The molecule has 2 aromatic rings. The molecule has 1 N–H and O–H groups in total. The molecule has 0 aliphatic heterocycles. The lowest BCUT2D eigenvalue weighted by molar-refractivity contribution is -0.139. The Balaban J connectivity index is 2.40. The summed E-state index contributed by atoms with van der Waals surface area (Å²) in [7, 11) is -4.10. The number of anilines is 1. The molecule has 2 aromatic carbocycles. The van der Waals surface area contributed by atoms with Gasteiger partial charge in [0.15, 0.2) is 11.6 Å². The minimum absolute atomic E-state index is 0.125. The van der Waals surface area contributed by atoms with Gasteiger partial charge in [0.25, 0.3) is 0 Å². The van der Waals surface area contributed by atoms with Crippen LogP contribution in [-0.2, 0) is 26.2 Å². The van der Waals surface area contributed by atoms with E-state index in [4.69, 9.17) is 0 Å². The highest BCUT2D eigenvalue weighted by molar-refractivity contribution is 7.92. The molecule has 11 heteroatoms. The molecule has 1 atom stereocenters. The molecule has 0 bridgehead atoms. The fourth-order valence-corrected chi connectivity index (χ4v) is 3.88. The van der Waals surface area contributed by atoms with E-state index in [2.05, 4.69) is 5.32 Å². The summed E-state index contributed by atoms with van der Waals surface area (Å²) in [6, 6.07) is 7.03. The van der Waals surface area contributed by atoms with Crippen molar-refractivity contribution >= 4 is 27.5 Å². The second kappa shape index (κ2) is 11.2. The lowest BCUT2D eigenvalue weighted by atomic mass is 10.1. The van der Waals surface area contributed by atoms with Gasteiger partial charge in [-0.25, -0.2) is 21.6 Å². The van der Waals surface area contributed by atoms with Crippen LogP contribution < -0.4 is 9.62 Å². The number of carbonyl (C=O) groups excluding carboxylic acids is 2. The summed E-state index contributed by atoms with van der Waals surface area (Å²) >= 11 is 0. The molecule has 180 valence electrons. The van der Waals surface area contributed by atoms with Gasteiger partial charge in [-0.2, -0.15) is 0 Å². The largest absolute Gasteiger partial charge is 0.354 e. The zero-order chi connectivity index (χ0) is 24.8. The summed E-state index contributed by atoms with van der Waals surface area (Å²) in [6.45, 7) is 2.53. The lowest BCUT2D eigenvalue weighted by Crippen LogP contribution is -2.51. The first-order chi connectivity index (χ1) is 15.5. The van der Waals surface area contributed by atoms with Crippen molar-refractivity contribution in [1.29, 1.82) is 0 Å². The summed E-state index contributed by atoms with van der Waals surface area (Å²) in [5.74, 6) is -4.39. The zero-order valence-electron chi connectivity index (χ0n) is 18.5. The van der Waals surface area contributed by atoms with Crippen LogP contribution in [0.2, 0.25) is 0 Å². The van der Waals surface area contributed by atoms with E-state index in [1.807, 2.05) is 6.92 Å². The average Bonchev–Trinajstić information content (AvgIpc) is 2.75. The van der Waals surface area contributed by atoms with E-state index in [-0.39, 0.29) is 17.8 Å². The Morgan fingerprint density at radius 1 is 1.03 bits per heavy atom. The Labute approximate surface area is 191 Å². The van der Waals surface area contributed by atoms with Crippen molar-refractivity contribution in [1.82, 2.24) is 10.2 Å². The number of benzene rings is 2. The molecule has 33 heavy (non-hydrogen) atoms. The molecule has 0 saturated heterocycles. The topological polar surface area (TPSA) is 86.8 Å². The standard InChI is InChI=1S/C22H26F3N3O4S/c1-4-11-26-22(30)15(2)27(13-16-7-5-6-8-18(16)23)21(29)14-28(33(3,31)32)17-9-10-19(24)20(25)12-17/h5-10,12,15H,4,11,13-14H2,1-3H3,(H,26,30)/t15-/m0/s1. The number of amides is 2. The van der Waals surface area contributed by atoms with Crippen LogP contribution in [0.5, 0.6) is 0 Å². The third kappa shape index (κ3) is 6.95. The molecule has 0 aliphatic carbocycles. The molecular weight excluding hydrogens is 459 g/mol. The molecular formula is C22H26F3N3O4S. The van der Waals surface area contributed by atoms with Gasteiger partial charge >= 0.3 is 0 Å². The monoisotopic (exact) mass is 485 g/mol. The fourth-order valence-electron chi connectivity index (χ4n) is 3.04. The molecule has 0 spiro atoms. The van der Waals surface area contributed by atoms with Gasteiger partial charge in [-0.15, -0.1) is 0 Å². The quantitative estimate of drug-likeness (QED) is 0.561. The Hall–Kier alpha value is -3.08. The van der Waals surface area contributed by atoms with Crippen molar-refractivity contribution in [3.63, 3.8) is 0 Å². The molecule has 7 nitrogen and oxygen atoms in total. The van der Waals surface area contributed by atoms with E-state index >= 15 is 0 Å². The molecule has 2 amide bonds. The maximum Gasteiger partial charge on any atom is 0.244 e. The predicted octanol–water partition coefficient (Wildman–Crippen LogP) is 2.81. The third-order valence-corrected chi connectivity index (χ3v) is 6.03. The van der Waals surface area contributed by atoms with Crippen LogP contribution in [0, 0.1) is 17.5 Å². The number of halogens is 3. The predicted molar refractivity (Wildman–Crippen MR) is 118 cm³/mol. The number of nitrogens with one attached hydrogen (secondary N) is 1.